The molecule has 3 nitrogen and oxygen atoms in total. The monoisotopic (exact) mass is 242 g/mol. The van der Waals surface area contributed by atoms with Gasteiger partial charge in [-0.1, -0.05) is 25.1 Å². The third-order valence-corrected chi connectivity index (χ3v) is 2.79. The molecule has 0 unspecified atom stereocenters. The van der Waals surface area contributed by atoms with Gasteiger partial charge in [-0.05, 0) is 24.2 Å². The molecular weight excluding hydrogens is 224 g/mol. The van der Waals surface area contributed by atoms with Crippen LogP contribution in [0, 0.1) is 0 Å². The number of pyridine rings is 1. The van der Waals surface area contributed by atoms with E-state index in [2.05, 4.69) is 23.3 Å². The molecule has 0 atom stereocenters. The summed E-state index contributed by atoms with van der Waals surface area (Å²) in [6.45, 7) is 3.89. The minimum atomic E-state index is 0.840. The Labute approximate surface area is 108 Å². The van der Waals surface area contributed by atoms with Crippen LogP contribution in [0.25, 0.3) is 11.1 Å². The second kappa shape index (κ2) is 6.17. The molecule has 0 aliphatic rings. The van der Waals surface area contributed by atoms with E-state index < -0.39 is 0 Å². The predicted octanol–water partition coefficient (Wildman–Crippen LogP) is 2.87. The van der Waals surface area contributed by atoms with Crippen LogP contribution in [0.1, 0.15) is 12.5 Å². The van der Waals surface area contributed by atoms with Gasteiger partial charge in [0.05, 0.1) is 7.11 Å². The molecule has 1 N–H and O–H groups in total. The lowest BCUT2D eigenvalue weighted by Crippen LogP contribution is -2.11. The van der Waals surface area contributed by atoms with Crippen molar-refractivity contribution in [1.29, 1.82) is 0 Å². The van der Waals surface area contributed by atoms with E-state index in [0.29, 0.717) is 0 Å². The van der Waals surface area contributed by atoms with Crippen LogP contribution in [-0.4, -0.2) is 18.6 Å². The number of ether oxygens (including phenoxy) is 1. The molecule has 2 rings (SSSR count). The molecule has 0 aliphatic heterocycles. The minimum Gasteiger partial charge on any atom is -0.496 e. The molecule has 0 amide bonds. The maximum Gasteiger partial charge on any atom is 0.126 e. The summed E-state index contributed by atoms with van der Waals surface area (Å²) < 4.78 is 5.38. The number of rotatable bonds is 5. The van der Waals surface area contributed by atoms with Gasteiger partial charge in [-0.25, -0.2) is 0 Å². The van der Waals surface area contributed by atoms with E-state index in [1.165, 1.54) is 5.56 Å². The Morgan fingerprint density at radius 3 is 2.83 bits per heavy atom. The smallest absolute Gasteiger partial charge is 0.126 e. The standard InChI is InChI=1S/C15H18N2O/c1-3-16-9-12-8-13(11-17-10-12)14-6-4-5-7-15(14)18-2/h4-8,10-11,16H,3,9H2,1-2H3. The van der Waals surface area contributed by atoms with E-state index in [1.54, 1.807) is 7.11 Å². The Bertz CT molecular complexity index is 511. The summed E-state index contributed by atoms with van der Waals surface area (Å²) in [5.74, 6) is 0.875. The van der Waals surface area contributed by atoms with E-state index in [0.717, 1.165) is 30.0 Å². The number of nitrogens with one attached hydrogen (secondary N) is 1. The van der Waals surface area contributed by atoms with Gasteiger partial charge in [0.15, 0.2) is 0 Å². The Kier molecular flexibility index (Phi) is 4.31. The highest BCUT2D eigenvalue weighted by molar-refractivity contribution is 5.70. The molecule has 1 heterocycles. The fraction of sp³-hybridized carbons (Fsp3) is 0.267. The van der Waals surface area contributed by atoms with Crippen LogP contribution in [0.2, 0.25) is 0 Å². The van der Waals surface area contributed by atoms with Crippen molar-refractivity contribution in [3.8, 4) is 16.9 Å². The predicted molar refractivity (Wildman–Crippen MR) is 73.6 cm³/mol. The summed E-state index contributed by atoms with van der Waals surface area (Å²) in [6.07, 6.45) is 3.76. The van der Waals surface area contributed by atoms with Crippen molar-refractivity contribution in [1.82, 2.24) is 10.3 Å². The van der Waals surface area contributed by atoms with Crippen LogP contribution in [-0.2, 0) is 6.54 Å². The fourth-order valence-electron chi connectivity index (χ4n) is 1.88. The topological polar surface area (TPSA) is 34.2 Å². The molecule has 0 saturated carbocycles. The van der Waals surface area contributed by atoms with Crippen molar-refractivity contribution in [2.45, 2.75) is 13.5 Å². The second-order valence-electron chi connectivity index (χ2n) is 4.06. The molecule has 2 aromatic rings. The van der Waals surface area contributed by atoms with E-state index in [4.69, 9.17) is 4.74 Å². The van der Waals surface area contributed by atoms with Gasteiger partial charge in [-0.15, -0.1) is 0 Å². The van der Waals surface area contributed by atoms with Gasteiger partial charge >= 0.3 is 0 Å². The zero-order valence-electron chi connectivity index (χ0n) is 10.8. The van der Waals surface area contributed by atoms with Crippen LogP contribution >= 0.6 is 0 Å². The van der Waals surface area contributed by atoms with E-state index in [1.807, 2.05) is 36.7 Å². The number of hydrogen-bond donors (Lipinski definition) is 1. The molecule has 0 saturated heterocycles. The Hall–Kier alpha value is -1.87. The van der Waals surface area contributed by atoms with Crippen molar-refractivity contribution in [2.24, 2.45) is 0 Å². The molecule has 0 radical (unpaired) electrons. The highest BCUT2D eigenvalue weighted by atomic mass is 16.5. The van der Waals surface area contributed by atoms with Gasteiger partial charge in [0.1, 0.15) is 5.75 Å². The van der Waals surface area contributed by atoms with Crippen LogP contribution in [0.3, 0.4) is 0 Å². The van der Waals surface area contributed by atoms with E-state index >= 15 is 0 Å². The maximum atomic E-state index is 5.38. The summed E-state index contributed by atoms with van der Waals surface area (Å²) in [6, 6.07) is 10.1. The van der Waals surface area contributed by atoms with Crippen LogP contribution in [0.4, 0.5) is 0 Å². The first-order valence-corrected chi connectivity index (χ1v) is 6.13. The summed E-state index contributed by atoms with van der Waals surface area (Å²) in [4.78, 5) is 4.29. The summed E-state index contributed by atoms with van der Waals surface area (Å²) >= 11 is 0. The third-order valence-electron chi connectivity index (χ3n) is 2.79. The summed E-state index contributed by atoms with van der Waals surface area (Å²) in [5, 5.41) is 3.30. The highest BCUT2D eigenvalue weighted by Crippen LogP contribution is 2.29. The zero-order chi connectivity index (χ0) is 12.8. The first-order chi connectivity index (χ1) is 8.85. The third kappa shape index (κ3) is 2.87. The maximum absolute atomic E-state index is 5.38. The summed E-state index contributed by atoms with van der Waals surface area (Å²) in [5.41, 5.74) is 3.34. The lowest BCUT2D eigenvalue weighted by Gasteiger charge is -2.09. The van der Waals surface area contributed by atoms with Gasteiger partial charge in [0.25, 0.3) is 0 Å². The molecule has 1 aromatic heterocycles. The average molecular weight is 242 g/mol. The second-order valence-corrected chi connectivity index (χ2v) is 4.06. The number of aromatic nitrogens is 1. The van der Waals surface area contributed by atoms with Gasteiger partial charge in [-0.3, -0.25) is 4.98 Å². The summed E-state index contributed by atoms with van der Waals surface area (Å²) in [7, 11) is 1.69. The molecule has 3 heteroatoms. The highest BCUT2D eigenvalue weighted by Gasteiger charge is 2.05. The van der Waals surface area contributed by atoms with Gasteiger partial charge in [-0.2, -0.15) is 0 Å². The lowest BCUT2D eigenvalue weighted by atomic mass is 10.0. The first kappa shape index (κ1) is 12.6. The molecule has 0 spiro atoms. The molecular formula is C15H18N2O. The quantitative estimate of drug-likeness (QED) is 0.875. The van der Waals surface area contributed by atoms with Crippen molar-refractivity contribution < 1.29 is 4.74 Å². The Balaban J connectivity index is 2.32. The van der Waals surface area contributed by atoms with Crippen molar-refractivity contribution in [3.63, 3.8) is 0 Å². The molecule has 0 fully saturated rings. The van der Waals surface area contributed by atoms with Crippen molar-refractivity contribution >= 4 is 0 Å². The SMILES string of the molecule is CCNCc1cncc(-c2ccccc2OC)c1. The Morgan fingerprint density at radius 1 is 1.22 bits per heavy atom. The first-order valence-electron chi connectivity index (χ1n) is 6.13. The van der Waals surface area contributed by atoms with E-state index in [9.17, 15) is 0 Å². The number of nitrogens with zero attached hydrogens (tertiary/aromatic N) is 1. The number of benzene rings is 1. The molecule has 94 valence electrons. The van der Waals surface area contributed by atoms with Gasteiger partial charge in [0, 0.05) is 30.1 Å². The molecule has 0 bridgehead atoms. The van der Waals surface area contributed by atoms with Crippen LogP contribution in [0.5, 0.6) is 5.75 Å². The van der Waals surface area contributed by atoms with Crippen LogP contribution < -0.4 is 10.1 Å². The van der Waals surface area contributed by atoms with E-state index in [-0.39, 0.29) is 0 Å². The number of methoxy groups -OCH3 is 1. The fourth-order valence-corrected chi connectivity index (χ4v) is 1.88. The molecule has 18 heavy (non-hydrogen) atoms. The van der Waals surface area contributed by atoms with Gasteiger partial charge in [0.2, 0.25) is 0 Å². The lowest BCUT2D eigenvalue weighted by molar-refractivity contribution is 0.416. The molecule has 0 aliphatic carbocycles. The number of hydrogen-bond acceptors (Lipinski definition) is 3. The largest absolute Gasteiger partial charge is 0.496 e. The average Bonchev–Trinajstić information content (AvgIpc) is 2.45. The van der Waals surface area contributed by atoms with Gasteiger partial charge < -0.3 is 10.1 Å². The normalized spacial score (nSPS) is 10.3. The number of para-hydroxylation sites is 1. The molecule has 1 aromatic carbocycles. The van der Waals surface area contributed by atoms with Crippen LogP contribution in [0.15, 0.2) is 42.7 Å². The minimum absolute atomic E-state index is 0.840. The van der Waals surface area contributed by atoms with Crippen molar-refractivity contribution in [3.05, 3.63) is 48.3 Å². The van der Waals surface area contributed by atoms with Crippen molar-refractivity contribution in [2.75, 3.05) is 13.7 Å². The zero-order valence-corrected chi connectivity index (χ0v) is 10.8. The Morgan fingerprint density at radius 2 is 2.06 bits per heavy atom.